The average Bonchev–Trinajstić information content (AvgIpc) is 2.80. The molecule has 0 aromatic heterocycles. The van der Waals surface area contributed by atoms with Crippen molar-refractivity contribution in [3.8, 4) is 0 Å². The van der Waals surface area contributed by atoms with Gasteiger partial charge < -0.3 is 15.4 Å². The summed E-state index contributed by atoms with van der Waals surface area (Å²) in [4.78, 5) is 37.1. The average molecular weight is 539 g/mol. The number of anilines is 1. The number of carbonyl (C=O) groups is 3. The fourth-order valence-electron chi connectivity index (χ4n) is 5.65. The number of amides is 3. The molecule has 2 saturated heterocycles. The van der Waals surface area contributed by atoms with Gasteiger partial charge in [-0.15, -0.1) is 0 Å². The highest BCUT2D eigenvalue weighted by atomic mass is 19.3. The van der Waals surface area contributed by atoms with E-state index in [2.05, 4.69) is 16.0 Å². The van der Waals surface area contributed by atoms with Gasteiger partial charge in [0.25, 0.3) is 5.92 Å². The molecule has 3 aliphatic rings. The molecular weight excluding hydrogens is 501 g/mol. The van der Waals surface area contributed by atoms with Crippen molar-refractivity contribution in [2.24, 2.45) is 0 Å². The molecule has 3 fully saturated rings. The Balaban J connectivity index is 1.31. The van der Waals surface area contributed by atoms with Crippen LogP contribution in [0.4, 0.5) is 23.7 Å². The highest BCUT2D eigenvalue weighted by molar-refractivity contribution is 6.01. The number of carbonyl (C=O) groups excluding carboxylic acids is 3. The minimum Gasteiger partial charge on any atom is -0.444 e. The molecule has 3 amide bonds. The second kappa shape index (κ2) is 11.1. The number of ether oxygens (including phenoxy) is 1. The van der Waals surface area contributed by atoms with E-state index in [4.69, 9.17) is 4.74 Å². The number of nitrogens with one attached hydrogen (secondary N) is 3. The summed E-state index contributed by atoms with van der Waals surface area (Å²) in [6.07, 6.45) is 2.87. The molecule has 11 heteroatoms. The molecule has 8 nitrogen and oxygen atoms in total. The van der Waals surface area contributed by atoms with Crippen LogP contribution in [0.1, 0.15) is 77.2 Å². The zero-order chi connectivity index (χ0) is 27.7. The Bertz CT molecular complexity index is 1050. The van der Waals surface area contributed by atoms with Gasteiger partial charge >= 0.3 is 6.09 Å². The molecule has 2 heterocycles. The second-order valence-electron chi connectivity index (χ2n) is 11.6. The van der Waals surface area contributed by atoms with Crippen LogP contribution in [0.3, 0.4) is 0 Å². The van der Waals surface area contributed by atoms with Crippen LogP contribution < -0.4 is 16.0 Å². The van der Waals surface area contributed by atoms with Crippen LogP contribution in [-0.2, 0) is 14.3 Å². The zero-order valence-electron chi connectivity index (χ0n) is 22.1. The van der Waals surface area contributed by atoms with E-state index in [1.807, 2.05) is 0 Å². The highest BCUT2D eigenvalue weighted by Crippen LogP contribution is 2.43. The lowest BCUT2D eigenvalue weighted by molar-refractivity contribution is -0.133. The summed E-state index contributed by atoms with van der Waals surface area (Å²) in [5, 5.41) is 7.98. The van der Waals surface area contributed by atoms with Crippen LogP contribution in [0.15, 0.2) is 18.2 Å². The lowest BCUT2D eigenvalue weighted by Gasteiger charge is -2.44. The largest absolute Gasteiger partial charge is 0.444 e. The predicted octanol–water partition coefficient (Wildman–Crippen LogP) is 4.30. The van der Waals surface area contributed by atoms with E-state index in [0.717, 1.165) is 6.07 Å². The van der Waals surface area contributed by atoms with E-state index in [-0.39, 0.29) is 42.8 Å². The van der Waals surface area contributed by atoms with Crippen molar-refractivity contribution >= 4 is 23.6 Å². The summed E-state index contributed by atoms with van der Waals surface area (Å²) < 4.78 is 51.0. The van der Waals surface area contributed by atoms with Crippen molar-refractivity contribution in [3.63, 3.8) is 0 Å². The van der Waals surface area contributed by atoms with Gasteiger partial charge in [-0.05, 0) is 83.5 Å². The molecule has 2 unspecified atom stereocenters. The van der Waals surface area contributed by atoms with Gasteiger partial charge in [-0.3, -0.25) is 19.8 Å². The Hall–Kier alpha value is -2.82. The Morgan fingerprint density at radius 2 is 1.82 bits per heavy atom. The maximum atomic E-state index is 15.3. The molecule has 0 spiro atoms. The van der Waals surface area contributed by atoms with Gasteiger partial charge in [-0.1, -0.05) is 6.07 Å². The minimum atomic E-state index is -3.11. The van der Waals surface area contributed by atoms with Crippen molar-refractivity contribution in [1.29, 1.82) is 0 Å². The van der Waals surface area contributed by atoms with Gasteiger partial charge in [0.1, 0.15) is 17.5 Å². The van der Waals surface area contributed by atoms with Crippen molar-refractivity contribution in [2.75, 3.05) is 18.4 Å². The number of imide groups is 1. The van der Waals surface area contributed by atoms with Gasteiger partial charge in [-0.25, -0.2) is 18.0 Å². The lowest BCUT2D eigenvalue weighted by Crippen LogP contribution is -2.53. The Morgan fingerprint density at radius 1 is 1.11 bits per heavy atom. The van der Waals surface area contributed by atoms with E-state index in [9.17, 15) is 14.4 Å². The van der Waals surface area contributed by atoms with Gasteiger partial charge in [0.15, 0.2) is 0 Å². The summed E-state index contributed by atoms with van der Waals surface area (Å²) in [6, 6.07) is 3.27. The number of benzene rings is 1. The maximum absolute atomic E-state index is 15.3. The van der Waals surface area contributed by atoms with Crippen LogP contribution >= 0.6 is 0 Å². The Labute approximate surface area is 221 Å². The third-order valence-electron chi connectivity index (χ3n) is 7.52. The van der Waals surface area contributed by atoms with Crippen LogP contribution in [0, 0.1) is 5.82 Å². The first kappa shape index (κ1) is 28.2. The molecule has 210 valence electrons. The van der Waals surface area contributed by atoms with Crippen molar-refractivity contribution < 1.29 is 32.3 Å². The summed E-state index contributed by atoms with van der Waals surface area (Å²) in [5.74, 6) is -5.93. The SMILES string of the molecule is CC(C)(C)OC(=O)NC1CCC(N2CCC(c3ccc(NC4CCC(=O)NC4=O)cc3F)C(F)(F)C2)CC1. The number of alkyl carbamates (subject to hydrolysis) is 1. The third kappa shape index (κ3) is 6.98. The first-order valence-corrected chi connectivity index (χ1v) is 13.3. The number of hydrogen-bond donors (Lipinski definition) is 3. The van der Waals surface area contributed by atoms with Gasteiger partial charge in [0.2, 0.25) is 11.8 Å². The highest BCUT2D eigenvalue weighted by Gasteiger charge is 2.48. The third-order valence-corrected chi connectivity index (χ3v) is 7.52. The molecule has 38 heavy (non-hydrogen) atoms. The normalized spacial score (nSPS) is 28.4. The van der Waals surface area contributed by atoms with Gasteiger partial charge in [0.05, 0.1) is 12.5 Å². The summed E-state index contributed by atoms with van der Waals surface area (Å²) >= 11 is 0. The topological polar surface area (TPSA) is 99.8 Å². The van der Waals surface area contributed by atoms with Crippen molar-refractivity contribution in [2.45, 2.75) is 101 Å². The smallest absolute Gasteiger partial charge is 0.407 e. The number of piperidine rings is 2. The molecule has 4 rings (SSSR count). The van der Waals surface area contributed by atoms with Crippen LogP contribution in [0.25, 0.3) is 0 Å². The molecule has 0 bridgehead atoms. The number of halogens is 3. The van der Waals surface area contributed by atoms with E-state index in [0.29, 0.717) is 37.9 Å². The molecule has 1 aromatic carbocycles. The van der Waals surface area contributed by atoms with E-state index in [1.165, 1.54) is 12.1 Å². The van der Waals surface area contributed by atoms with Crippen LogP contribution in [0.5, 0.6) is 0 Å². The lowest BCUT2D eigenvalue weighted by atomic mass is 9.83. The summed E-state index contributed by atoms with van der Waals surface area (Å²) in [5.41, 5.74) is -0.312. The Morgan fingerprint density at radius 3 is 2.42 bits per heavy atom. The van der Waals surface area contributed by atoms with E-state index in [1.54, 1.807) is 25.7 Å². The molecule has 0 radical (unpaired) electrons. The molecular formula is C27H37F3N4O4. The first-order valence-electron chi connectivity index (χ1n) is 13.3. The van der Waals surface area contributed by atoms with Crippen molar-refractivity contribution in [1.82, 2.24) is 15.5 Å². The number of hydrogen-bond acceptors (Lipinski definition) is 6. The minimum absolute atomic E-state index is 0.0107. The van der Waals surface area contributed by atoms with Crippen LogP contribution in [-0.4, -0.2) is 65.5 Å². The quantitative estimate of drug-likeness (QED) is 0.484. The van der Waals surface area contributed by atoms with Gasteiger partial charge in [-0.2, -0.15) is 0 Å². The van der Waals surface area contributed by atoms with Crippen molar-refractivity contribution in [3.05, 3.63) is 29.6 Å². The number of likely N-dealkylation sites (tertiary alicyclic amines) is 1. The molecule has 1 aromatic rings. The van der Waals surface area contributed by atoms with Crippen LogP contribution in [0.2, 0.25) is 0 Å². The first-order chi connectivity index (χ1) is 17.8. The zero-order valence-corrected chi connectivity index (χ0v) is 22.1. The molecule has 2 aliphatic heterocycles. The standard InChI is InChI=1S/C27H37F3N4O4/c1-26(2,3)38-25(37)32-16-4-7-18(8-5-16)34-13-12-20(27(29,30)15-34)19-9-6-17(14-21(19)28)31-22-10-11-23(35)33-24(22)36/h6,9,14,16,18,20,22,31H,4-5,7-8,10-13,15H2,1-3H3,(H,32,37)(H,33,35,36). The molecule has 2 atom stereocenters. The number of rotatable bonds is 5. The maximum Gasteiger partial charge on any atom is 0.407 e. The molecule has 1 saturated carbocycles. The summed E-state index contributed by atoms with van der Waals surface area (Å²) in [6.45, 7) is 5.39. The number of nitrogens with zero attached hydrogens (tertiary/aromatic N) is 1. The van der Waals surface area contributed by atoms with E-state index < -0.39 is 47.8 Å². The summed E-state index contributed by atoms with van der Waals surface area (Å²) in [7, 11) is 0. The Kier molecular flexibility index (Phi) is 8.25. The fraction of sp³-hybridized carbons (Fsp3) is 0.667. The van der Waals surface area contributed by atoms with Gasteiger partial charge in [0, 0.05) is 24.2 Å². The fourth-order valence-corrected chi connectivity index (χ4v) is 5.65. The van der Waals surface area contributed by atoms with E-state index >= 15 is 13.2 Å². The second-order valence-corrected chi connectivity index (χ2v) is 11.6. The predicted molar refractivity (Wildman–Crippen MR) is 135 cm³/mol. The molecule has 3 N–H and O–H groups in total. The number of alkyl halides is 2. The molecule has 1 aliphatic carbocycles. The monoisotopic (exact) mass is 538 g/mol.